The van der Waals surface area contributed by atoms with Gasteiger partial charge in [-0.1, -0.05) is 12.1 Å². The van der Waals surface area contributed by atoms with Crippen LogP contribution in [0, 0.1) is 5.92 Å². The summed E-state index contributed by atoms with van der Waals surface area (Å²) in [5, 5.41) is 6.65. The topological polar surface area (TPSA) is 92.5 Å². The maximum absolute atomic E-state index is 12.2. The minimum atomic E-state index is -3.22. The van der Waals surface area contributed by atoms with Crippen molar-refractivity contribution in [3.05, 3.63) is 17.5 Å². The predicted octanol–water partition coefficient (Wildman–Crippen LogP) is 0.562. The number of nitrogens with one attached hydrogen (secondary N) is 1. The van der Waals surface area contributed by atoms with Crippen molar-refractivity contribution in [1.82, 2.24) is 14.8 Å². The molecule has 0 aromatic carbocycles. The third kappa shape index (κ3) is 3.11. The lowest BCUT2D eigenvalue weighted by Crippen LogP contribution is -2.40. The zero-order valence-corrected chi connectivity index (χ0v) is 12.9. The molecule has 1 aromatic rings. The third-order valence-corrected chi connectivity index (χ3v) is 5.34. The van der Waals surface area contributed by atoms with Crippen LogP contribution in [0.2, 0.25) is 0 Å². The fourth-order valence-corrected chi connectivity index (χ4v) is 3.52. The van der Waals surface area contributed by atoms with Crippen LogP contribution in [-0.4, -0.2) is 49.2 Å². The lowest BCUT2D eigenvalue weighted by atomic mass is 10.1. The van der Waals surface area contributed by atoms with Gasteiger partial charge in [-0.3, -0.25) is 4.79 Å². The minimum absolute atomic E-state index is 0.0680. The van der Waals surface area contributed by atoms with Crippen molar-refractivity contribution < 1.29 is 17.7 Å². The summed E-state index contributed by atoms with van der Waals surface area (Å²) < 4.78 is 29.7. The molecular formula is C13H19N3O4S. The molecule has 0 radical (unpaired) electrons. The van der Waals surface area contributed by atoms with Crippen molar-refractivity contribution in [1.29, 1.82) is 0 Å². The van der Waals surface area contributed by atoms with Crippen LogP contribution in [0.5, 0.6) is 0 Å². The molecule has 1 aliphatic heterocycles. The van der Waals surface area contributed by atoms with E-state index < -0.39 is 10.0 Å². The number of hydrogen-bond acceptors (Lipinski definition) is 5. The summed E-state index contributed by atoms with van der Waals surface area (Å²) in [4.78, 5) is 12.2. The predicted molar refractivity (Wildman–Crippen MR) is 75.3 cm³/mol. The van der Waals surface area contributed by atoms with E-state index >= 15 is 0 Å². The number of sulfonamides is 1. The SMILES string of the molecule is C[C@H]1CN(S(C)(=O)=O)C[C@@H]1NC(=O)c1cc(C2CC2)on1. The van der Waals surface area contributed by atoms with Crippen LogP contribution in [0.1, 0.15) is 41.9 Å². The average Bonchev–Trinajstić information content (AvgIpc) is 3.00. The quantitative estimate of drug-likeness (QED) is 0.877. The second-order valence-electron chi connectivity index (χ2n) is 6.03. The molecule has 1 saturated carbocycles. The second-order valence-corrected chi connectivity index (χ2v) is 8.01. The first-order valence-electron chi connectivity index (χ1n) is 7.07. The van der Waals surface area contributed by atoms with E-state index in [0.717, 1.165) is 18.6 Å². The Kier molecular flexibility index (Phi) is 3.53. The molecule has 0 bridgehead atoms. The third-order valence-electron chi connectivity index (χ3n) is 4.11. The standard InChI is InChI=1S/C13H19N3O4S/c1-8-6-16(21(2,18)19)7-11(8)14-13(17)10-5-12(20-15-10)9-3-4-9/h5,8-9,11H,3-4,6-7H2,1-2H3,(H,14,17)/t8-,11-/m0/s1. The van der Waals surface area contributed by atoms with Crippen LogP contribution in [0.15, 0.2) is 10.6 Å². The Morgan fingerprint density at radius 2 is 2.14 bits per heavy atom. The number of carbonyl (C=O) groups excluding carboxylic acids is 1. The maximum Gasteiger partial charge on any atom is 0.273 e. The van der Waals surface area contributed by atoms with Gasteiger partial charge in [-0.25, -0.2) is 8.42 Å². The number of carbonyl (C=O) groups is 1. The van der Waals surface area contributed by atoms with Crippen LogP contribution in [-0.2, 0) is 10.0 Å². The normalized spacial score (nSPS) is 27.0. The molecule has 1 amide bonds. The molecule has 21 heavy (non-hydrogen) atoms. The van der Waals surface area contributed by atoms with Gasteiger partial charge in [-0.05, 0) is 18.8 Å². The number of aromatic nitrogens is 1. The Balaban J connectivity index is 1.64. The Bertz CT molecular complexity index is 650. The van der Waals surface area contributed by atoms with E-state index in [-0.39, 0.29) is 23.6 Å². The van der Waals surface area contributed by atoms with Crippen LogP contribution >= 0.6 is 0 Å². The molecule has 3 rings (SSSR count). The second kappa shape index (κ2) is 5.10. The highest BCUT2D eigenvalue weighted by molar-refractivity contribution is 7.88. The summed E-state index contributed by atoms with van der Waals surface area (Å²) >= 11 is 0. The molecule has 1 N–H and O–H groups in total. The Morgan fingerprint density at radius 3 is 2.71 bits per heavy atom. The Hall–Kier alpha value is -1.41. The highest BCUT2D eigenvalue weighted by Gasteiger charge is 2.36. The van der Waals surface area contributed by atoms with Gasteiger partial charge in [-0.15, -0.1) is 0 Å². The largest absolute Gasteiger partial charge is 0.360 e. The first-order chi connectivity index (χ1) is 9.84. The minimum Gasteiger partial charge on any atom is -0.360 e. The number of rotatable bonds is 4. The molecule has 1 saturated heterocycles. The van der Waals surface area contributed by atoms with E-state index in [1.807, 2.05) is 6.92 Å². The van der Waals surface area contributed by atoms with Gasteiger partial charge in [0.15, 0.2) is 5.69 Å². The number of hydrogen-bond donors (Lipinski definition) is 1. The van der Waals surface area contributed by atoms with Gasteiger partial charge >= 0.3 is 0 Å². The van der Waals surface area contributed by atoms with Crippen LogP contribution < -0.4 is 5.32 Å². The van der Waals surface area contributed by atoms with Crippen molar-refractivity contribution in [2.24, 2.45) is 5.92 Å². The number of amides is 1. The van der Waals surface area contributed by atoms with Gasteiger partial charge in [-0.2, -0.15) is 4.31 Å². The van der Waals surface area contributed by atoms with E-state index in [2.05, 4.69) is 10.5 Å². The monoisotopic (exact) mass is 313 g/mol. The molecule has 2 fully saturated rings. The molecule has 7 nitrogen and oxygen atoms in total. The molecule has 1 aliphatic carbocycles. The molecular weight excluding hydrogens is 294 g/mol. The van der Waals surface area contributed by atoms with E-state index in [1.54, 1.807) is 6.07 Å². The van der Waals surface area contributed by atoms with Crippen molar-refractivity contribution >= 4 is 15.9 Å². The summed E-state index contributed by atoms with van der Waals surface area (Å²) in [6, 6.07) is 1.48. The van der Waals surface area contributed by atoms with Gasteiger partial charge in [0, 0.05) is 31.1 Å². The highest BCUT2D eigenvalue weighted by Crippen LogP contribution is 2.40. The molecule has 2 heterocycles. The van der Waals surface area contributed by atoms with Gasteiger partial charge in [0.1, 0.15) is 5.76 Å². The van der Waals surface area contributed by atoms with Gasteiger partial charge in [0.05, 0.1) is 6.26 Å². The average molecular weight is 313 g/mol. The van der Waals surface area contributed by atoms with Crippen LogP contribution in [0.25, 0.3) is 0 Å². The lowest BCUT2D eigenvalue weighted by Gasteiger charge is -2.15. The van der Waals surface area contributed by atoms with E-state index in [4.69, 9.17) is 4.52 Å². The molecule has 8 heteroatoms. The molecule has 0 unspecified atom stereocenters. The van der Waals surface area contributed by atoms with Crippen LogP contribution in [0.4, 0.5) is 0 Å². The number of nitrogens with zero attached hydrogens (tertiary/aromatic N) is 2. The zero-order chi connectivity index (χ0) is 15.2. The fourth-order valence-electron chi connectivity index (χ4n) is 2.58. The van der Waals surface area contributed by atoms with E-state index in [9.17, 15) is 13.2 Å². The van der Waals surface area contributed by atoms with Gasteiger partial charge < -0.3 is 9.84 Å². The Morgan fingerprint density at radius 1 is 1.43 bits per heavy atom. The molecule has 2 atom stereocenters. The fraction of sp³-hybridized carbons (Fsp3) is 0.692. The van der Waals surface area contributed by atoms with Crippen molar-refractivity contribution in [2.75, 3.05) is 19.3 Å². The van der Waals surface area contributed by atoms with Crippen molar-refractivity contribution in [3.8, 4) is 0 Å². The van der Waals surface area contributed by atoms with Crippen molar-refractivity contribution in [3.63, 3.8) is 0 Å². The Labute approximate surface area is 123 Å². The van der Waals surface area contributed by atoms with E-state index in [0.29, 0.717) is 19.0 Å². The first kappa shape index (κ1) is 14.5. The van der Waals surface area contributed by atoms with Crippen molar-refractivity contribution in [2.45, 2.75) is 31.7 Å². The molecule has 1 aromatic heterocycles. The summed E-state index contributed by atoms with van der Waals surface area (Å²) in [7, 11) is -3.22. The summed E-state index contributed by atoms with van der Waals surface area (Å²) in [5.74, 6) is 0.930. The smallest absolute Gasteiger partial charge is 0.273 e. The summed E-state index contributed by atoms with van der Waals surface area (Å²) in [6.07, 6.45) is 3.35. The molecule has 0 spiro atoms. The zero-order valence-electron chi connectivity index (χ0n) is 12.1. The molecule has 116 valence electrons. The van der Waals surface area contributed by atoms with Gasteiger partial charge in [0.2, 0.25) is 10.0 Å². The molecule has 2 aliphatic rings. The summed E-state index contributed by atoms with van der Waals surface area (Å²) in [5.41, 5.74) is 0.266. The van der Waals surface area contributed by atoms with Crippen LogP contribution in [0.3, 0.4) is 0 Å². The lowest BCUT2D eigenvalue weighted by molar-refractivity contribution is 0.0923. The van der Waals surface area contributed by atoms with Gasteiger partial charge in [0.25, 0.3) is 5.91 Å². The van der Waals surface area contributed by atoms with E-state index in [1.165, 1.54) is 10.6 Å². The highest BCUT2D eigenvalue weighted by atomic mass is 32.2. The summed E-state index contributed by atoms with van der Waals surface area (Å²) in [6.45, 7) is 2.66. The maximum atomic E-state index is 12.2. The first-order valence-corrected chi connectivity index (χ1v) is 8.92.